The van der Waals surface area contributed by atoms with Crippen LogP contribution in [-0.4, -0.2) is 36.3 Å². The molecule has 2 rings (SSSR count). The second kappa shape index (κ2) is 6.29. The zero-order valence-electron chi connectivity index (χ0n) is 12.3. The van der Waals surface area contributed by atoms with E-state index < -0.39 is 4.92 Å². The van der Waals surface area contributed by atoms with Crippen LogP contribution in [0.3, 0.4) is 0 Å². The van der Waals surface area contributed by atoms with Gasteiger partial charge in [0.1, 0.15) is 18.5 Å². The first-order valence-electron chi connectivity index (χ1n) is 6.74. The zero-order valence-corrected chi connectivity index (χ0v) is 13.9. The van der Waals surface area contributed by atoms with Crippen LogP contribution in [0, 0.1) is 17.0 Å². The van der Waals surface area contributed by atoms with E-state index in [-0.39, 0.29) is 17.4 Å². The minimum absolute atomic E-state index is 0.0452. The number of ether oxygens (including phenoxy) is 2. The number of halogens is 1. The SMILES string of the molecule is Cc1cc(OCC2CNCC(C)(C)O2)c(Br)cc1[N+](=O)[O-]. The van der Waals surface area contributed by atoms with Gasteiger partial charge < -0.3 is 14.8 Å². The fraction of sp³-hybridized carbons (Fsp3) is 0.571. The summed E-state index contributed by atoms with van der Waals surface area (Å²) in [5.74, 6) is 0.588. The number of nitrogens with zero attached hydrogens (tertiary/aromatic N) is 1. The van der Waals surface area contributed by atoms with Crippen LogP contribution in [0.4, 0.5) is 5.69 Å². The highest BCUT2D eigenvalue weighted by molar-refractivity contribution is 9.10. The van der Waals surface area contributed by atoms with Crippen LogP contribution < -0.4 is 10.1 Å². The van der Waals surface area contributed by atoms with Crippen LogP contribution in [-0.2, 0) is 4.74 Å². The lowest BCUT2D eigenvalue weighted by atomic mass is 10.1. The van der Waals surface area contributed by atoms with Gasteiger partial charge in [-0.15, -0.1) is 0 Å². The Morgan fingerprint density at radius 2 is 2.29 bits per heavy atom. The first-order chi connectivity index (χ1) is 9.78. The van der Waals surface area contributed by atoms with E-state index in [0.717, 1.165) is 13.1 Å². The Bertz CT molecular complexity index is 548. The maximum absolute atomic E-state index is 10.9. The average molecular weight is 359 g/mol. The molecule has 1 saturated heterocycles. The third-order valence-corrected chi connectivity index (χ3v) is 3.90. The number of aryl methyl sites for hydroxylation is 1. The Labute approximate surface area is 132 Å². The molecule has 6 nitrogen and oxygen atoms in total. The summed E-state index contributed by atoms with van der Waals surface area (Å²) in [6.07, 6.45) is -0.0452. The molecule has 1 aliphatic rings. The number of benzene rings is 1. The number of morpholine rings is 1. The molecular formula is C14H19BrN2O4. The number of hydrogen-bond donors (Lipinski definition) is 1. The number of hydrogen-bond acceptors (Lipinski definition) is 5. The Morgan fingerprint density at radius 3 is 2.90 bits per heavy atom. The second-order valence-corrected chi connectivity index (χ2v) is 6.62. The van der Waals surface area contributed by atoms with Crippen LogP contribution in [0.5, 0.6) is 5.75 Å². The quantitative estimate of drug-likeness (QED) is 0.661. The second-order valence-electron chi connectivity index (χ2n) is 5.77. The molecule has 0 bridgehead atoms. The largest absolute Gasteiger partial charge is 0.490 e. The van der Waals surface area contributed by atoms with Crippen molar-refractivity contribution in [2.75, 3.05) is 19.7 Å². The van der Waals surface area contributed by atoms with Crippen molar-refractivity contribution < 1.29 is 14.4 Å². The average Bonchev–Trinajstić information content (AvgIpc) is 2.38. The van der Waals surface area contributed by atoms with Crippen molar-refractivity contribution in [3.8, 4) is 5.75 Å². The number of nitrogens with one attached hydrogen (secondary N) is 1. The predicted molar refractivity (Wildman–Crippen MR) is 82.9 cm³/mol. The van der Waals surface area contributed by atoms with Crippen LogP contribution in [0.15, 0.2) is 16.6 Å². The monoisotopic (exact) mass is 358 g/mol. The molecule has 0 radical (unpaired) electrons. The van der Waals surface area contributed by atoms with E-state index in [1.54, 1.807) is 13.0 Å². The highest BCUT2D eigenvalue weighted by Gasteiger charge is 2.28. The van der Waals surface area contributed by atoms with Crippen LogP contribution >= 0.6 is 15.9 Å². The van der Waals surface area contributed by atoms with Crippen molar-refractivity contribution in [3.63, 3.8) is 0 Å². The molecule has 1 fully saturated rings. The molecule has 1 aromatic carbocycles. The van der Waals surface area contributed by atoms with Crippen molar-refractivity contribution in [1.29, 1.82) is 0 Å². The summed E-state index contributed by atoms with van der Waals surface area (Å²) in [5.41, 5.74) is 0.432. The van der Waals surface area contributed by atoms with E-state index in [1.165, 1.54) is 6.07 Å². The highest BCUT2D eigenvalue weighted by Crippen LogP contribution is 2.32. The van der Waals surface area contributed by atoms with Crippen molar-refractivity contribution in [3.05, 3.63) is 32.3 Å². The third-order valence-electron chi connectivity index (χ3n) is 3.28. The molecule has 1 aromatic rings. The Hall–Kier alpha value is -1.18. The van der Waals surface area contributed by atoms with Gasteiger partial charge in [0.15, 0.2) is 0 Å². The lowest BCUT2D eigenvalue weighted by Crippen LogP contribution is -2.52. The van der Waals surface area contributed by atoms with Gasteiger partial charge in [-0.3, -0.25) is 10.1 Å². The van der Waals surface area contributed by atoms with Gasteiger partial charge in [-0.2, -0.15) is 0 Å². The minimum atomic E-state index is -0.402. The molecule has 7 heteroatoms. The molecule has 116 valence electrons. The van der Waals surface area contributed by atoms with E-state index in [0.29, 0.717) is 22.4 Å². The van der Waals surface area contributed by atoms with Gasteiger partial charge in [0.05, 0.1) is 15.0 Å². The van der Waals surface area contributed by atoms with E-state index >= 15 is 0 Å². The molecule has 0 aromatic heterocycles. The summed E-state index contributed by atoms with van der Waals surface area (Å²) < 4.78 is 12.2. The molecule has 1 N–H and O–H groups in total. The van der Waals surface area contributed by atoms with Crippen molar-refractivity contribution >= 4 is 21.6 Å². The van der Waals surface area contributed by atoms with Gasteiger partial charge in [-0.1, -0.05) is 0 Å². The summed E-state index contributed by atoms with van der Waals surface area (Å²) in [6.45, 7) is 7.68. The minimum Gasteiger partial charge on any atom is -0.490 e. The molecule has 1 aliphatic heterocycles. The highest BCUT2D eigenvalue weighted by atomic mass is 79.9. The molecule has 21 heavy (non-hydrogen) atoms. The standard InChI is InChI=1S/C14H19BrN2O4/c1-9-4-13(11(15)5-12(9)17(18)19)20-7-10-6-16-8-14(2,3)21-10/h4-5,10,16H,6-8H2,1-3H3. The normalized spacial score (nSPS) is 21.0. The van der Waals surface area contributed by atoms with Gasteiger partial charge in [0, 0.05) is 24.7 Å². The van der Waals surface area contributed by atoms with E-state index in [4.69, 9.17) is 9.47 Å². The van der Waals surface area contributed by atoms with Gasteiger partial charge >= 0.3 is 0 Å². The maximum atomic E-state index is 10.9. The fourth-order valence-electron chi connectivity index (χ4n) is 2.30. The topological polar surface area (TPSA) is 73.6 Å². The number of nitro groups is 1. The predicted octanol–water partition coefficient (Wildman–Crippen LogP) is 2.81. The Balaban J connectivity index is 2.03. The molecule has 0 aliphatic carbocycles. The molecule has 0 amide bonds. The fourth-order valence-corrected chi connectivity index (χ4v) is 2.74. The van der Waals surface area contributed by atoms with Crippen molar-refractivity contribution in [2.24, 2.45) is 0 Å². The van der Waals surface area contributed by atoms with E-state index in [2.05, 4.69) is 21.2 Å². The molecule has 0 spiro atoms. The Morgan fingerprint density at radius 1 is 1.57 bits per heavy atom. The van der Waals surface area contributed by atoms with Crippen molar-refractivity contribution in [1.82, 2.24) is 5.32 Å². The van der Waals surface area contributed by atoms with E-state index in [1.807, 2.05) is 13.8 Å². The first-order valence-corrected chi connectivity index (χ1v) is 7.54. The van der Waals surface area contributed by atoms with Crippen LogP contribution in [0.2, 0.25) is 0 Å². The van der Waals surface area contributed by atoms with Gasteiger partial charge in [0.25, 0.3) is 5.69 Å². The first kappa shape index (κ1) is 16.2. The molecular weight excluding hydrogens is 340 g/mol. The van der Waals surface area contributed by atoms with Gasteiger partial charge in [0.2, 0.25) is 0 Å². The lowest BCUT2D eigenvalue weighted by molar-refractivity contribution is -0.385. The van der Waals surface area contributed by atoms with Crippen LogP contribution in [0.1, 0.15) is 19.4 Å². The molecule has 1 heterocycles. The van der Waals surface area contributed by atoms with Crippen LogP contribution in [0.25, 0.3) is 0 Å². The summed E-state index contributed by atoms with van der Waals surface area (Å²) in [7, 11) is 0. The molecule has 1 unspecified atom stereocenters. The third kappa shape index (κ3) is 4.15. The van der Waals surface area contributed by atoms with Gasteiger partial charge in [-0.25, -0.2) is 0 Å². The summed E-state index contributed by atoms with van der Waals surface area (Å²) in [6, 6.07) is 3.14. The zero-order chi connectivity index (χ0) is 15.6. The molecule has 0 saturated carbocycles. The summed E-state index contributed by atoms with van der Waals surface area (Å²) in [5, 5.41) is 14.2. The molecule has 1 atom stereocenters. The van der Waals surface area contributed by atoms with E-state index in [9.17, 15) is 10.1 Å². The van der Waals surface area contributed by atoms with Gasteiger partial charge in [-0.05, 0) is 42.8 Å². The summed E-state index contributed by atoms with van der Waals surface area (Å²) >= 11 is 3.31. The maximum Gasteiger partial charge on any atom is 0.273 e. The summed E-state index contributed by atoms with van der Waals surface area (Å²) in [4.78, 5) is 10.5. The smallest absolute Gasteiger partial charge is 0.273 e. The van der Waals surface area contributed by atoms with Crippen molar-refractivity contribution in [2.45, 2.75) is 32.5 Å². The lowest BCUT2D eigenvalue weighted by Gasteiger charge is -2.36. The number of rotatable bonds is 4. The number of nitro benzene ring substituents is 1. The Kier molecular flexibility index (Phi) is 4.85.